The standard InChI is InChI=1S/C23H15F6NO2/c24-22(25,26)15-8-14(9-16(10-15)23(27,28)29)11-3-5-17(6-4-11)30-20(31)18-12-1-2-13(7-12)19(18)21(30)32/h1-6,8-10,12-13,18-19H,7H2. The maximum atomic E-state index is 13.1. The number of amides is 2. The van der Waals surface area contributed by atoms with Gasteiger partial charge in [-0.15, -0.1) is 0 Å². The van der Waals surface area contributed by atoms with Crippen LogP contribution < -0.4 is 4.90 Å². The Labute approximate surface area is 178 Å². The van der Waals surface area contributed by atoms with Gasteiger partial charge in [0, 0.05) is 0 Å². The van der Waals surface area contributed by atoms with E-state index in [1.807, 2.05) is 12.2 Å². The average molecular weight is 451 g/mol. The zero-order valence-corrected chi connectivity index (χ0v) is 16.2. The highest BCUT2D eigenvalue weighted by Crippen LogP contribution is 2.53. The second-order valence-corrected chi connectivity index (χ2v) is 8.35. The zero-order chi connectivity index (χ0) is 23.0. The molecule has 0 spiro atoms. The summed E-state index contributed by atoms with van der Waals surface area (Å²) in [7, 11) is 0. The van der Waals surface area contributed by atoms with Gasteiger partial charge < -0.3 is 0 Å². The fourth-order valence-electron chi connectivity index (χ4n) is 5.08. The van der Waals surface area contributed by atoms with Gasteiger partial charge in [0.05, 0.1) is 28.7 Å². The van der Waals surface area contributed by atoms with Crippen LogP contribution in [-0.4, -0.2) is 11.8 Å². The van der Waals surface area contributed by atoms with Crippen molar-refractivity contribution in [3.63, 3.8) is 0 Å². The highest BCUT2D eigenvalue weighted by molar-refractivity contribution is 6.22. The van der Waals surface area contributed by atoms with Crippen molar-refractivity contribution in [2.45, 2.75) is 18.8 Å². The summed E-state index contributed by atoms with van der Waals surface area (Å²) in [5.74, 6) is -1.40. The van der Waals surface area contributed by atoms with Crippen LogP contribution in [0.4, 0.5) is 32.0 Å². The molecule has 9 heteroatoms. The third-order valence-corrected chi connectivity index (χ3v) is 6.52. The number of carbonyl (C=O) groups excluding carboxylic acids is 2. The first-order valence-electron chi connectivity index (χ1n) is 9.91. The molecule has 0 aromatic heterocycles. The molecule has 5 rings (SSSR count). The van der Waals surface area contributed by atoms with E-state index in [-0.39, 0.29) is 46.5 Å². The van der Waals surface area contributed by atoms with Crippen molar-refractivity contribution in [1.29, 1.82) is 0 Å². The summed E-state index contributed by atoms with van der Waals surface area (Å²) in [6.07, 6.45) is -5.22. The van der Waals surface area contributed by atoms with Gasteiger partial charge >= 0.3 is 12.4 Å². The third-order valence-electron chi connectivity index (χ3n) is 6.52. The van der Waals surface area contributed by atoms with Crippen LogP contribution in [0.5, 0.6) is 0 Å². The first kappa shape index (κ1) is 20.8. The van der Waals surface area contributed by atoms with E-state index in [1.165, 1.54) is 24.3 Å². The Morgan fingerprint density at radius 3 is 1.59 bits per heavy atom. The molecule has 2 aromatic carbocycles. The van der Waals surface area contributed by atoms with Crippen LogP contribution in [-0.2, 0) is 21.9 Å². The van der Waals surface area contributed by atoms with Gasteiger partial charge in [-0.25, -0.2) is 0 Å². The zero-order valence-electron chi connectivity index (χ0n) is 16.2. The van der Waals surface area contributed by atoms with E-state index < -0.39 is 35.3 Å². The highest BCUT2D eigenvalue weighted by atomic mass is 19.4. The molecule has 3 aliphatic rings. The molecule has 2 amide bonds. The van der Waals surface area contributed by atoms with Gasteiger partial charge in [-0.2, -0.15) is 26.3 Å². The first-order valence-corrected chi connectivity index (χ1v) is 9.91. The summed E-state index contributed by atoms with van der Waals surface area (Å²) in [6.45, 7) is 0. The van der Waals surface area contributed by atoms with Gasteiger partial charge in [0.1, 0.15) is 0 Å². The van der Waals surface area contributed by atoms with Crippen LogP contribution in [0.1, 0.15) is 17.5 Å². The molecular formula is C23H15F6NO2. The number of alkyl halides is 6. The van der Waals surface area contributed by atoms with Gasteiger partial charge in [0.2, 0.25) is 11.8 Å². The number of carbonyl (C=O) groups is 2. The monoisotopic (exact) mass is 451 g/mol. The lowest BCUT2D eigenvalue weighted by Crippen LogP contribution is -2.32. The molecule has 2 aliphatic carbocycles. The van der Waals surface area contributed by atoms with Crippen LogP contribution in [0.2, 0.25) is 0 Å². The van der Waals surface area contributed by atoms with E-state index in [0.29, 0.717) is 12.1 Å². The predicted octanol–water partition coefficient (Wildman–Crippen LogP) is 5.70. The van der Waals surface area contributed by atoms with Gasteiger partial charge in [0.25, 0.3) is 0 Å². The Morgan fingerprint density at radius 2 is 1.16 bits per heavy atom. The fraction of sp³-hybridized carbons (Fsp3) is 0.304. The maximum absolute atomic E-state index is 13.1. The number of allylic oxidation sites excluding steroid dienone is 2. The van der Waals surface area contributed by atoms with E-state index in [1.54, 1.807) is 0 Å². The van der Waals surface area contributed by atoms with Gasteiger partial charge in [-0.3, -0.25) is 14.5 Å². The Kier molecular flexibility index (Phi) is 4.35. The summed E-state index contributed by atoms with van der Waals surface area (Å²) >= 11 is 0. The number of imide groups is 1. The lowest BCUT2D eigenvalue weighted by molar-refractivity contribution is -0.143. The molecule has 2 fully saturated rings. The van der Waals surface area contributed by atoms with Crippen LogP contribution in [0.25, 0.3) is 11.1 Å². The number of anilines is 1. The summed E-state index contributed by atoms with van der Waals surface area (Å²) in [6, 6.07) is 6.72. The van der Waals surface area contributed by atoms with Gasteiger partial charge in [-0.1, -0.05) is 24.3 Å². The summed E-state index contributed by atoms with van der Waals surface area (Å²) in [4.78, 5) is 26.8. The molecule has 1 aliphatic heterocycles. The number of benzene rings is 2. The molecule has 2 aromatic rings. The molecule has 3 nitrogen and oxygen atoms in total. The van der Waals surface area contributed by atoms with Crippen molar-refractivity contribution in [2.24, 2.45) is 23.7 Å². The fourth-order valence-corrected chi connectivity index (χ4v) is 5.08. The van der Waals surface area contributed by atoms with Crippen LogP contribution in [0.3, 0.4) is 0 Å². The minimum absolute atomic E-state index is 0.0246. The van der Waals surface area contributed by atoms with Crippen molar-refractivity contribution in [2.75, 3.05) is 4.90 Å². The Hall–Kier alpha value is -3.10. The topological polar surface area (TPSA) is 37.4 Å². The summed E-state index contributed by atoms with van der Waals surface area (Å²) < 4.78 is 78.8. The lowest BCUT2D eigenvalue weighted by atomic mass is 9.85. The lowest BCUT2D eigenvalue weighted by Gasteiger charge is -2.18. The Bertz CT molecular complexity index is 1090. The van der Waals surface area contributed by atoms with E-state index in [0.717, 1.165) is 11.3 Å². The normalized spacial score (nSPS) is 26.9. The highest BCUT2D eigenvalue weighted by Gasteiger charge is 2.59. The molecule has 4 unspecified atom stereocenters. The number of rotatable bonds is 2. The molecule has 1 saturated carbocycles. The number of nitrogens with zero attached hydrogens (tertiary/aromatic N) is 1. The Balaban J connectivity index is 1.48. The van der Waals surface area contributed by atoms with Crippen LogP contribution in [0.15, 0.2) is 54.6 Å². The molecule has 32 heavy (non-hydrogen) atoms. The van der Waals surface area contributed by atoms with Crippen LogP contribution in [0, 0.1) is 23.7 Å². The minimum atomic E-state index is -4.95. The average Bonchev–Trinajstić information content (AvgIpc) is 3.40. The third kappa shape index (κ3) is 3.13. The van der Waals surface area contributed by atoms with Crippen molar-refractivity contribution >= 4 is 17.5 Å². The SMILES string of the molecule is O=C1C2C3C=CC(C3)C2C(=O)N1c1ccc(-c2cc(C(F)(F)F)cc(C(F)(F)F)c2)cc1. The molecule has 1 heterocycles. The summed E-state index contributed by atoms with van der Waals surface area (Å²) in [5.41, 5.74) is -2.73. The molecular weight excluding hydrogens is 436 g/mol. The number of hydrogen-bond acceptors (Lipinski definition) is 2. The van der Waals surface area contributed by atoms with Crippen molar-refractivity contribution in [1.82, 2.24) is 0 Å². The number of halogens is 6. The molecule has 0 N–H and O–H groups in total. The predicted molar refractivity (Wildman–Crippen MR) is 102 cm³/mol. The van der Waals surface area contributed by atoms with Crippen molar-refractivity contribution in [3.05, 3.63) is 65.7 Å². The first-order chi connectivity index (χ1) is 14.9. The van der Waals surface area contributed by atoms with Gasteiger partial charge in [0.15, 0.2) is 0 Å². The smallest absolute Gasteiger partial charge is 0.274 e. The van der Waals surface area contributed by atoms with Crippen molar-refractivity contribution < 1.29 is 35.9 Å². The molecule has 2 bridgehead atoms. The summed E-state index contributed by atoms with van der Waals surface area (Å²) in [5, 5.41) is 0. The molecule has 166 valence electrons. The van der Waals surface area contributed by atoms with Crippen molar-refractivity contribution in [3.8, 4) is 11.1 Å². The van der Waals surface area contributed by atoms with E-state index >= 15 is 0 Å². The quantitative estimate of drug-likeness (QED) is 0.334. The van der Waals surface area contributed by atoms with E-state index in [2.05, 4.69) is 0 Å². The molecule has 4 atom stereocenters. The van der Waals surface area contributed by atoms with E-state index in [4.69, 9.17) is 0 Å². The molecule has 1 saturated heterocycles. The molecule has 0 radical (unpaired) electrons. The number of hydrogen-bond donors (Lipinski definition) is 0. The van der Waals surface area contributed by atoms with Crippen LogP contribution >= 0.6 is 0 Å². The second-order valence-electron chi connectivity index (χ2n) is 8.35. The van der Waals surface area contributed by atoms with Gasteiger partial charge in [-0.05, 0) is 59.7 Å². The second kappa shape index (κ2) is 6.70. The number of fused-ring (bicyclic) bond motifs is 5. The minimum Gasteiger partial charge on any atom is -0.274 e. The van der Waals surface area contributed by atoms with E-state index in [9.17, 15) is 35.9 Å². The largest absolute Gasteiger partial charge is 0.416 e. The Morgan fingerprint density at radius 1 is 0.688 bits per heavy atom. The maximum Gasteiger partial charge on any atom is 0.416 e.